The molecule has 2 aliphatic rings. The first-order valence-electron chi connectivity index (χ1n) is 9.03. The molecule has 1 aliphatic heterocycles. The first kappa shape index (κ1) is 18.0. The molecular formula is C18H30N2O3. The van der Waals surface area contributed by atoms with E-state index in [1.807, 2.05) is 11.8 Å². The number of carbonyl (C=O) groups excluding carboxylic acids is 2. The van der Waals surface area contributed by atoms with Crippen LogP contribution in [-0.2, 0) is 14.3 Å². The minimum atomic E-state index is -0.113. The molecule has 5 heteroatoms. The number of nitrogens with zero attached hydrogens (tertiary/aromatic N) is 1. The lowest BCUT2D eigenvalue weighted by Gasteiger charge is -2.31. The Morgan fingerprint density at radius 1 is 1.30 bits per heavy atom. The van der Waals surface area contributed by atoms with Crippen molar-refractivity contribution in [3.8, 4) is 0 Å². The van der Waals surface area contributed by atoms with Gasteiger partial charge in [-0.05, 0) is 58.4 Å². The van der Waals surface area contributed by atoms with Crippen LogP contribution in [0, 0.1) is 5.92 Å². The molecule has 130 valence electrons. The van der Waals surface area contributed by atoms with Crippen molar-refractivity contribution in [2.24, 2.45) is 5.92 Å². The minimum absolute atomic E-state index is 0.0369. The zero-order chi connectivity index (χ0) is 16.5. The summed E-state index contributed by atoms with van der Waals surface area (Å²) in [7, 11) is 0. The number of allylic oxidation sites excluding steroid dienone is 1. The van der Waals surface area contributed by atoms with Crippen LogP contribution in [-0.4, -0.2) is 49.6 Å². The summed E-state index contributed by atoms with van der Waals surface area (Å²) in [5.41, 5.74) is 1.53. The fraction of sp³-hybridized carbons (Fsp3) is 0.778. The molecule has 0 spiro atoms. The number of nitrogens with one attached hydrogen (secondary N) is 1. The van der Waals surface area contributed by atoms with Crippen LogP contribution < -0.4 is 5.32 Å². The highest BCUT2D eigenvalue weighted by Gasteiger charge is 2.27. The molecule has 5 nitrogen and oxygen atoms in total. The molecule has 0 unspecified atom stereocenters. The quantitative estimate of drug-likeness (QED) is 0.444. The van der Waals surface area contributed by atoms with Crippen molar-refractivity contribution in [3.63, 3.8) is 0 Å². The zero-order valence-corrected chi connectivity index (χ0v) is 14.3. The molecule has 0 radical (unpaired) electrons. The highest BCUT2D eigenvalue weighted by atomic mass is 16.5. The second-order valence-electron chi connectivity index (χ2n) is 6.44. The number of esters is 1. The van der Waals surface area contributed by atoms with Crippen molar-refractivity contribution < 1.29 is 14.3 Å². The van der Waals surface area contributed by atoms with E-state index >= 15 is 0 Å². The summed E-state index contributed by atoms with van der Waals surface area (Å²) in [6.07, 6.45) is 9.90. The van der Waals surface area contributed by atoms with Gasteiger partial charge in [-0.2, -0.15) is 0 Å². The van der Waals surface area contributed by atoms with Gasteiger partial charge in [-0.25, -0.2) is 0 Å². The third kappa shape index (κ3) is 5.98. The van der Waals surface area contributed by atoms with E-state index in [-0.39, 0.29) is 17.8 Å². The van der Waals surface area contributed by atoms with Crippen LogP contribution in [0.3, 0.4) is 0 Å². The molecule has 1 aliphatic carbocycles. The minimum Gasteiger partial charge on any atom is -0.466 e. The summed E-state index contributed by atoms with van der Waals surface area (Å²) in [4.78, 5) is 25.7. The van der Waals surface area contributed by atoms with Crippen LogP contribution in [0.2, 0.25) is 0 Å². The van der Waals surface area contributed by atoms with E-state index in [1.54, 1.807) is 0 Å². The maximum atomic E-state index is 12.2. The highest BCUT2D eigenvalue weighted by Crippen LogP contribution is 2.20. The Morgan fingerprint density at radius 3 is 2.74 bits per heavy atom. The fourth-order valence-corrected chi connectivity index (χ4v) is 3.31. The summed E-state index contributed by atoms with van der Waals surface area (Å²) in [6.45, 7) is 4.85. The molecule has 1 fully saturated rings. The molecule has 0 aromatic heterocycles. The molecule has 0 bridgehead atoms. The number of rotatable bonds is 7. The summed E-state index contributed by atoms with van der Waals surface area (Å²) >= 11 is 0. The van der Waals surface area contributed by atoms with Gasteiger partial charge >= 0.3 is 5.97 Å². The first-order valence-corrected chi connectivity index (χ1v) is 9.03. The third-order valence-electron chi connectivity index (χ3n) is 4.75. The van der Waals surface area contributed by atoms with Crippen molar-refractivity contribution in [1.29, 1.82) is 0 Å². The van der Waals surface area contributed by atoms with Gasteiger partial charge in [0.2, 0.25) is 5.91 Å². The van der Waals surface area contributed by atoms with Gasteiger partial charge in [-0.15, -0.1) is 0 Å². The number of ether oxygens (including phenoxy) is 1. The molecule has 0 atom stereocenters. The molecule has 1 saturated heterocycles. The maximum absolute atomic E-state index is 12.2. The molecule has 23 heavy (non-hydrogen) atoms. The Balaban J connectivity index is 1.59. The lowest BCUT2D eigenvalue weighted by atomic mass is 9.97. The van der Waals surface area contributed by atoms with E-state index in [2.05, 4.69) is 11.4 Å². The van der Waals surface area contributed by atoms with Gasteiger partial charge in [-0.3, -0.25) is 9.59 Å². The Labute approximate surface area is 139 Å². The van der Waals surface area contributed by atoms with E-state index in [0.29, 0.717) is 26.2 Å². The van der Waals surface area contributed by atoms with Crippen LogP contribution in [0.5, 0.6) is 0 Å². The van der Waals surface area contributed by atoms with Crippen molar-refractivity contribution in [2.45, 2.75) is 51.9 Å². The number of amides is 1. The molecule has 0 aromatic rings. The number of carbonyl (C=O) groups is 2. The molecule has 1 N–H and O–H groups in total. The topological polar surface area (TPSA) is 58.6 Å². The second kappa shape index (κ2) is 9.71. The normalized spacial score (nSPS) is 19.3. The third-order valence-corrected chi connectivity index (χ3v) is 4.75. The van der Waals surface area contributed by atoms with E-state index < -0.39 is 0 Å². The SMILES string of the molecule is CCOC(=O)C1CCN(C(=O)CNCCC2=CCCCC2)CC1. The van der Waals surface area contributed by atoms with E-state index in [0.717, 1.165) is 25.8 Å². The first-order chi connectivity index (χ1) is 11.2. The van der Waals surface area contributed by atoms with Crippen LogP contribution in [0.15, 0.2) is 11.6 Å². The second-order valence-corrected chi connectivity index (χ2v) is 6.44. The van der Waals surface area contributed by atoms with Crippen LogP contribution in [0.25, 0.3) is 0 Å². The summed E-state index contributed by atoms with van der Waals surface area (Å²) in [5.74, 6) is -0.00592. The number of piperidine rings is 1. The Hall–Kier alpha value is -1.36. The average molecular weight is 322 g/mol. The van der Waals surface area contributed by atoms with Gasteiger partial charge in [0.1, 0.15) is 0 Å². The Kier molecular flexibility index (Phi) is 7.59. The summed E-state index contributed by atoms with van der Waals surface area (Å²) in [5, 5.41) is 3.26. The van der Waals surface area contributed by atoms with Gasteiger partial charge in [0.05, 0.1) is 19.1 Å². The van der Waals surface area contributed by atoms with Gasteiger partial charge < -0.3 is 15.0 Å². The van der Waals surface area contributed by atoms with Crippen molar-refractivity contribution in [1.82, 2.24) is 10.2 Å². The lowest BCUT2D eigenvalue weighted by Crippen LogP contribution is -2.44. The molecule has 1 amide bonds. The molecule has 2 rings (SSSR count). The van der Waals surface area contributed by atoms with Crippen molar-refractivity contribution in [2.75, 3.05) is 32.8 Å². The van der Waals surface area contributed by atoms with Crippen LogP contribution >= 0.6 is 0 Å². The van der Waals surface area contributed by atoms with E-state index in [9.17, 15) is 9.59 Å². The van der Waals surface area contributed by atoms with E-state index in [4.69, 9.17) is 4.74 Å². The fourth-order valence-electron chi connectivity index (χ4n) is 3.31. The molecule has 0 saturated carbocycles. The standard InChI is InChI=1S/C18H30N2O3/c1-2-23-18(22)16-9-12-20(13-10-16)17(21)14-19-11-8-15-6-4-3-5-7-15/h6,16,19H,2-5,7-14H2,1H3. The van der Waals surface area contributed by atoms with Crippen LogP contribution in [0.4, 0.5) is 0 Å². The lowest BCUT2D eigenvalue weighted by molar-refractivity contribution is -0.151. The Bertz CT molecular complexity index is 426. The highest BCUT2D eigenvalue weighted by molar-refractivity contribution is 5.79. The smallest absolute Gasteiger partial charge is 0.309 e. The predicted octanol–water partition coefficient (Wildman–Crippen LogP) is 2.27. The van der Waals surface area contributed by atoms with E-state index in [1.165, 1.54) is 31.3 Å². The largest absolute Gasteiger partial charge is 0.466 e. The average Bonchev–Trinajstić information content (AvgIpc) is 2.60. The number of hydrogen-bond donors (Lipinski definition) is 1. The summed E-state index contributed by atoms with van der Waals surface area (Å²) < 4.78 is 5.05. The predicted molar refractivity (Wildman–Crippen MR) is 90.0 cm³/mol. The van der Waals surface area contributed by atoms with Crippen molar-refractivity contribution >= 4 is 11.9 Å². The monoisotopic (exact) mass is 322 g/mol. The molecular weight excluding hydrogens is 292 g/mol. The maximum Gasteiger partial charge on any atom is 0.309 e. The number of hydrogen-bond acceptors (Lipinski definition) is 4. The zero-order valence-electron chi connectivity index (χ0n) is 14.3. The van der Waals surface area contributed by atoms with Gasteiger partial charge in [0.15, 0.2) is 0 Å². The van der Waals surface area contributed by atoms with Gasteiger partial charge in [0, 0.05) is 13.1 Å². The van der Waals surface area contributed by atoms with Gasteiger partial charge in [-0.1, -0.05) is 11.6 Å². The molecule has 1 heterocycles. The number of likely N-dealkylation sites (tertiary alicyclic amines) is 1. The Morgan fingerprint density at radius 2 is 2.09 bits per heavy atom. The van der Waals surface area contributed by atoms with Crippen molar-refractivity contribution in [3.05, 3.63) is 11.6 Å². The summed E-state index contributed by atoms with van der Waals surface area (Å²) in [6, 6.07) is 0. The molecule has 0 aromatic carbocycles. The van der Waals surface area contributed by atoms with Gasteiger partial charge in [0.25, 0.3) is 0 Å². The van der Waals surface area contributed by atoms with Crippen LogP contribution in [0.1, 0.15) is 51.9 Å².